The van der Waals surface area contributed by atoms with Gasteiger partial charge in [-0.15, -0.1) is 0 Å². The highest BCUT2D eigenvalue weighted by atomic mass is 32.1. The van der Waals surface area contributed by atoms with E-state index in [9.17, 15) is 9.59 Å². The van der Waals surface area contributed by atoms with Crippen molar-refractivity contribution in [3.63, 3.8) is 0 Å². The molecule has 2 amide bonds. The third-order valence-electron chi connectivity index (χ3n) is 2.90. The van der Waals surface area contributed by atoms with E-state index in [-0.39, 0.29) is 17.6 Å². The number of likely N-dealkylation sites (N-methyl/N-ethyl adjacent to an activating group) is 1. The minimum Gasteiger partial charge on any atom is -0.344 e. The van der Waals surface area contributed by atoms with E-state index in [0.29, 0.717) is 0 Å². The van der Waals surface area contributed by atoms with Gasteiger partial charge in [0, 0.05) is 25.4 Å². The Morgan fingerprint density at radius 2 is 2.00 bits per heavy atom. The van der Waals surface area contributed by atoms with Crippen molar-refractivity contribution in [2.24, 2.45) is 0 Å². The third kappa shape index (κ3) is 3.99. The molecule has 1 unspecified atom stereocenters. The highest BCUT2D eigenvalue weighted by Gasteiger charge is 2.23. The number of rotatable bonds is 4. The molecule has 0 saturated carbocycles. The van der Waals surface area contributed by atoms with Crippen LogP contribution in [0.4, 0.5) is 5.69 Å². The highest BCUT2D eigenvalue weighted by molar-refractivity contribution is 7.80. The largest absolute Gasteiger partial charge is 0.344 e. The zero-order chi connectivity index (χ0) is 14.6. The molecule has 0 aliphatic heterocycles. The van der Waals surface area contributed by atoms with Crippen LogP contribution in [0, 0.1) is 13.8 Å². The van der Waals surface area contributed by atoms with Gasteiger partial charge in [0.05, 0.1) is 0 Å². The van der Waals surface area contributed by atoms with Crippen LogP contribution in [-0.2, 0) is 9.59 Å². The molecule has 19 heavy (non-hydrogen) atoms. The molecule has 0 saturated heterocycles. The SMILES string of the molecule is CC(=O)NC(CS)C(=O)N(C)c1ccc(C)cc1C. The molecule has 104 valence electrons. The maximum Gasteiger partial charge on any atom is 0.250 e. The van der Waals surface area contributed by atoms with E-state index in [1.165, 1.54) is 6.92 Å². The van der Waals surface area contributed by atoms with Crippen molar-refractivity contribution < 1.29 is 9.59 Å². The number of hydrogen-bond donors (Lipinski definition) is 2. The lowest BCUT2D eigenvalue weighted by atomic mass is 10.1. The molecule has 0 bridgehead atoms. The molecular weight excluding hydrogens is 260 g/mol. The molecule has 1 N–H and O–H groups in total. The van der Waals surface area contributed by atoms with Crippen molar-refractivity contribution in [3.05, 3.63) is 29.3 Å². The van der Waals surface area contributed by atoms with E-state index in [1.807, 2.05) is 32.0 Å². The lowest BCUT2D eigenvalue weighted by Gasteiger charge is -2.24. The van der Waals surface area contributed by atoms with Gasteiger partial charge in [-0.2, -0.15) is 12.6 Å². The van der Waals surface area contributed by atoms with E-state index in [0.717, 1.165) is 16.8 Å². The van der Waals surface area contributed by atoms with Gasteiger partial charge in [0.2, 0.25) is 11.8 Å². The Labute approximate surface area is 119 Å². The lowest BCUT2D eigenvalue weighted by molar-refractivity contribution is -0.125. The molecule has 1 rings (SSSR count). The highest BCUT2D eigenvalue weighted by Crippen LogP contribution is 2.20. The molecule has 5 heteroatoms. The van der Waals surface area contributed by atoms with Gasteiger partial charge in [-0.1, -0.05) is 17.7 Å². The van der Waals surface area contributed by atoms with Crippen LogP contribution in [0.3, 0.4) is 0 Å². The fraction of sp³-hybridized carbons (Fsp3) is 0.429. The number of carbonyl (C=O) groups excluding carboxylic acids is 2. The van der Waals surface area contributed by atoms with Crippen LogP contribution in [0.2, 0.25) is 0 Å². The minimum atomic E-state index is -0.605. The summed E-state index contributed by atoms with van der Waals surface area (Å²) in [5.74, 6) is -0.133. The van der Waals surface area contributed by atoms with E-state index in [2.05, 4.69) is 17.9 Å². The Morgan fingerprint density at radius 3 is 2.47 bits per heavy atom. The Bertz CT molecular complexity index is 488. The summed E-state index contributed by atoms with van der Waals surface area (Å²) in [6, 6.07) is 5.28. The predicted octanol–water partition coefficient (Wildman–Crippen LogP) is 1.70. The van der Waals surface area contributed by atoms with Crippen molar-refractivity contribution in [2.75, 3.05) is 17.7 Å². The summed E-state index contributed by atoms with van der Waals surface area (Å²) in [6.45, 7) is 5.35. The second-order valence-corrected chi connectivity index (χ2v) is 4.99. The maximum atomic E-state index is 12.3. The van der Waals surface area contributed by atoms with E-state index >= 15 is 0 Å². The van der Waals surface area contributed by atoms with Gasteiger partial charge in [0.25, 0.3) is 0 Å². The quantitative estimate of drug-likeness (QED) is 0.825. The number of benzene rings is 1. The van der Waals surface area contributed by atoms with Crippen molar-refractivity contribution in [1.29, 1.82) is 0 Å². The molecule has 0 spiro atoms. The first-order valence-corrected chi connectivity index (χ1v) is 6.72. The van der Waals surface area contributed by atoms with Crippen molar-refractivity contribution >= 4 is 30.1 Å². The summed E-state index contributed by atoms with van der Waals surface area (Å²) in [4.78, 5) is 24.9. The molecule has 0 aromatic heterocycles. The van der Waals surface area contributed by atoms with Gasteiger partial charge in [0.15, 0.2) is 0 Å². The van der Waals surface area contributed by atoms with Crippen molar-refractivity contribution in [3.8, 4) is 0 Å². The zero-order valence-corrected chi connectivity index (χ0v) is 12.6. The summed E-state index contributed by atoms with van der Waals surface area (Å²) in [6.07, 6.45) is 0. The van der Waals surface area contributed by atoms with Gasteiger partial charge in [-0.3, -0.25) is 9.59 Å². The first-order valence-electron chi connectivity index (χ1n) is 6.09. The second-order valence-electron chi connectivity index (χ2n) is 4.62. The Balaban J connectivity index is 2.94. The first-order chi connectivity index (χ1) is 8.86. The molecule has 0 fully saturated rings. The molecule has 1 atom stereocenters. The van der Waals surface area contributed by atoms with Crippen LogP contribution in [0.5, 0.6) is 0 Å². The Hall–Kier alpha value is -1.49. The number of amides is 2. The second kappa shape index (κ2) is 6.61. The molecular formula is C14H20N2O2S. The topological polar surface area (TPSA) is 49.4 Å². The summed E-state index contributed by atoms with van der Waals surface area (Å²) < 4.78 is 0. The number of nitrogens with zero attached hydrogens (tertiary/aromatic N) is 1. The average Bonchev–Trinajstić information content (AvgIpc) is 2.34. The van der Waals surface area contributed by atoms with Crippen molar-refractivity contribution in [1.82, 2.24) is 5.32 Å². The minimum absolute atomic E-state index is 0.169. The van der Waals surface area contributed by atoms with Crippen LogP contribution in [0.1, 0.15) is 18.1 Å². The fourth-order valence-electron chi connectivity index (χ4n) is 1.97. The number of carbonyl (C=O) groups is 2. The molecule has 0 aliphatic rings. The summed E-state index contributed by atoms with van der Waals surface area (Å²) in [5, 5.41) is 2.60. The summed E-state index contributed by atoms with van der Waals surface area (Å²) in [7, 11) is 1.71. The van der Waals surface area contributed by atoms with Gasteiger partial charge < -0.3 is 10.2 Å². The van der Waals surface area contributed by atoms with Crippen LogP contribution in [-0.4, -0.2) is 30.7 Å². The number of hydrogen-bond acceptors (Lipinski definition) is 3. The zero-order valence-electron chi connectivity index (χ0n) is 11.7. The van der Waals surface area contributed by atoms with Gasteiger partial charge in [0.1, 0.15) is 6.04 Å². The predicted molar refractivity (Wildman–Crippen MR) is 80.8 cm³/mol. The Kier molecular flexibility index (Phi) is 5.42. The van der Waals surface area contributed by atoms with Gasteiger partial charge in [-0.25, -0.2) is 0 Å². The number of nitrogens with one attached hydrogen (secondary N) is 1. The lowest BCUT2D eigenvalue weighted by Crippen LogP contribution is -2.48. The third-order valence-corrected chi connectivity index (χ3v) is 3.27. The summed E-state index contributed by atoms with van der Waals surface area (Å²) in [5.41, 5.74) is 3.01. The fourth-order valence-corrected chi connectivity index (χ4v) is 2.21. The molecule has 1 aromatic rings. The monoisotopic (exact) mass is 280 g/mol. The molecule has 0 heterocycles. The number of aryl methyl sites for hydroxylation is 2. The normalized spacial score (nSPS) is 11.8. The van der Waals surface area contributed by atoms with Gasteiger partial charge in [-0.05, 0) is 25.5 Å². The van der Waals surface area contributed by atoms with E-state index < -0.39 is 6.04 Å². The van der Waals surface area contributed by atoms with Crippen LogP contribution < -0.4 is 10.2 Å². The molecule has 0 aliphatic carbocycles. The van der Waals surface area contributed by atoms with Crippen LogP contribution in [0.15, 0.2) is 18.2 Å². The van der Waals surface area contributed by atoms with Gasteiger partial charge >= 0.3 is 0 Å². The van der Waals surface area contributed by atoms with Crippen molar-refractivity contribution in [2.45, 2.75) is 26.8 Å². The average molecular weight is 280 g/mol. The number of anilines is 1. The maximum absolute atomic E-state index is 12.3. The summed E-state index contributed by atoms with van der Waals surface area (Å²) >= 11 is 4.12. The molecule has 4 nitrogen and oxygen atoms in total. The van der Waals surface area contributed by atoms with E-state index in [1.54, 1.807) is 11.9 Å². The smallest absolute Gasteiger partial charge is 0.250 e. The van der Waals surface area contributed by atoms with E-state index in [4.69, 9.17) is 0 Å². The first kappa shape index (κ1) is 15.6. The Morgan fingerprint density at radius 1 is 1.37 bits per heavy atom. The molecule has 1 aromatic carbocycles. The van der Waals surface area contributed by atoms with Crippen LogP contribution >= 0.6 is 12.6 Å². The van der Waals surface area contributed by atoms with Crippen LogP contribution in [0.25, 0.3) is 0 Å². The molecule has 0 radical (unpaired) electrons. The number of thiol groups is 1. The standard InChI is InChI=1S/C14H20N2O2S/c1-9-5-6-13(10(2)7-9)16(4)14(18)12(8-19)15-11(3)17/h5-7,12,19H,8H2,1-4H3,(H,15,17).